The minimum Gasteiger partial charge on any atom is -0.393 e. The van der Waals surface area contributed by atoms with E-state index in [-0.39, 0.29) is 12.1 Å². The molecule has 0 unspecified atom stereocenters. The van der Waals surface area contributed by atoms with Crippen LogP contribution in [-0.4, -0.2) is 28.5 Å². The molecule has 0 aliphatic heterocycles. The molecule has 0 atom stereocenters. The van der Waals surface area contributed by atoms with Crippen LogP contribution in [0.3, 0.4) is 0 Å². The maximum absolute atomic E-state index is 12.3. The molecule has 0 radical (unpaired) electrons. The van der Waals surface area contributed by atoms with Gasteiger partial charge in [-0.3, -0.25) is 0 Å². The van der Waals surface area contributed by atoms with Gasteiger partial charge in [0.1, 0.15) is 0 Å². The molecule has 1 aromatic rings. The van der Waals surface area contributed by atoms with E-state index in [2.05, 4.69) is 5.32 Å². The lowest BCUT2D eigenvalue weighted by molar-refractivity contribution is 0.210. The second-order valence-electron chi connectivity index (χ2n) is 4.70. The molecule has 108 valence electrons. The van der Waals surface area contributed by atoms with Gasteiger partial charge in [-0.25, -0.2) is 4.79 Å². The molecule has 20 heavy (non-hydrogen) atoms. The number of nitrogens with zero attached hydrogens (tertiary/aromatic N) is 1. The highest BCUT2D eigenvalue weighted by Crippen LogP contribution is 2.29. The first kappa shape index (κ1) is 15.4. The number of nitrogens with two attached hydrogens (primary N) is 1. The van der Waals surface area contributed by atoms with Gasteiger partial charge in [-0.05, 0) is 31.0 Å². The standard InChI is InChI=1S/C13H15Cl2N3OS/c14-10-4-1-8(7-11(10)15)17-13(19)18(9-2-3-9)6-5-12(16)20/h1,4,7,9H,2-3,5-6H2,(H2,16,20)(H,17,19). The Balaban J connectivity index is 2.00. The molecule has 2 rings (SSSR count). The Bertz CT molecular complexity index is 534. The second-order valence-corrected chi connectivity index (χ2v) is 6.04. The molecule has 0 heterocycles. The summed E-state index contributed by atoms with van der Waals surface area (Å²) in [5.74, 6) is 0. The molecule has 0 saturated heterocycles. The Hall–Kier alpha value is -1.04. The van der Waals surface area contributed by atoms with Crippen LogP contribution in [-0.2, 0) is 0 Å². The molecular weight excluding hydrogens is 317 g/mol. The molecule has 1 aliphatic carbocycles. The number of carbonyl (C=O) groups is 1. The molecule has 1 fully saturated rings. The van der Waals surface area contributed by atoms with E-state index in [4.69, 9.17) is 41.2 Å². The SMILES string of the molecule is NC(=S)CCN(C(=O)Nc1ccc(Cl)c(Cl)c1)C1CC1. The third kappa shape index (κ3) is 4.23. The summed E-state index contributed by atoms with van der Waals surface area (Å²) in [5, 5.41) is 3.68. The van der Waals surface area contributed by atoms with Crippen molar-refractivity contribution in [3.05, 3.63) is 28.2 Å². The van der Waals surface area contributed by atoms with Crippen molar-refractivity contribution in [3.63, 3.8) is 0 Å². The van der Waals surface area contributed by atoms with Crippen molar-refractivity contribution in [2.24, 2.45) is 5.73 Å². The van der Waals surface area contributed by atoms with E-state index in [1.165, 1.54) is 0 Å². The number of nitrogens with one attached hydrogen (secondary N) is 1. The van der Waals surface area contributed by atoms with E-state index in [1.807, 2.05) is 0 Å². The average Bonchev–Trinajstić information content (AvgIpc) is 3.18. The Morgan fingerprint density at radius 2 is 2.10 bits per heavy atom. The fourth-order valence-corrected chi connectivity index (χ4v) is 2.23. The molecule has 1 saturated carbocycles. The van der Waals surface area contributed by atoms with Crippen LogP contribution in [0.5, 0.6) is 0 Å². The van der Waals surface area contributed by atoms with Gasteiger partial charge in [-0.2, -0.15) is 0 Å². The number of halogens is 2. The number of rotatable bonds is 5. The number of anilines is 1. The van der Waals surface area contributed by atoms with Crippen LogP contribution in [0, 0.1) is 0 Å². The first-order valence-corrected chi connectivity index (χ1v) is 7.45. The van der Waals surface area contributed by atoms with Crippen LogP contribution in [0.1, 0.15) is 19.3 Å². The number of benzene rings is 1. The summed E-state index contributed by atoms with van der Waals surface area (Å²) in [5.41, 5.74) is 6.11. The summed E-state index contributed by atoms with van der Waals surface area (Å²) in [7, 11) is 0. The highest BCUT2D eigenvalue weighted by molar-refractivity contribution is 7.80. The summed E-state index contributed by atoms with van der Waals surface area (Å²) in [6.45, 7) is 0.535. The molecule has 1 aliphatic rings. The summed E-state index contributed by atoms with van der Waals surface area (Å²) in [4.78, 5) is 14.4. The monoisotopic (exact) mass is 331 g/mol. The predicted molar refractivity (Wildman–Crippen MR) is 86.6 cm³/mol. The van der Waals surface area contributed by atoms with Gasteiger partial charge in [0.15, 0.2) is 0 Å². The third-order valence-electron chi connectivity index (χ3n) is 3.02. The number of carbonyl (C=O) groups excluding carboxylic acids is 1. The molecule has 3 N–H and O–H groups in total. The Labute approximate surface area is 133 Å². The molecule has 1 aromatic carbocycles. The van der Waals surface area contributed by atoms with Gasteiger partial charge in [0.05, 0.1) is 15.0 Å². The fourth-order valence-electron chi connectivity index (χ4n) is 1.84. The van der Waals surface area contributed by atoms with Gasteiger partial charge in [0, 0.05) is 24.7 Å². The van der Waals surface area contributed by atoms with Crippen molar-refractivity contribution >= 4 is 52.1 Å². The topological polar surface area (TPSA) is 58.4 Å². The molecule has 2 amide bonds. The van der Waals surface area contributed by atoms with Gasteiger partial charge >= 0.3 is 6.03 Å². The average molecular weight is 332 g/mol. The van der Waals surface area contributed by atoms with Crippen LogP contribution in [0.15, 0.2) is 18.2 Å². The van der Waals surface area contributed by atoms with Crippen molar-refractivity contribution in [1.82, 2.24) is 4.90 Å². The van der Waals surface area contributed by atoms with E-state index in [9.17, 15) is 4.79 Å². The molecular formula is C13H15Cl2N3OS. The van der Waals surface area contributed by atoms with Crippen LogP contribution in [0.4, 0.5) is 10.5 Å². The number of hydrogen-bond acceptors (Lipinski definition) is 2. The zero-order valence-corrected chi connectivity index (χ0v) is 13.1. The summed E-state index contributed by atoms with van der Waals surface area (Å²) >= 11 is 16.6. The molecule has 7 heteroatoms. The van der Waals surface area contributed by atoms with Crippen LogP contribution >= 0.6 is 35.4 Å². The van der Waals surface area contributed by atoms with Gasteiger partial charge in [-0.1, -0.05) is 35.4 Å². The third-order valence-corrected chi connectivity index (χ3v) is 3.96. The second kappa shape index (κ2) is 6.61. The van der Waals surface area contributed by atoms with Crippen molar-refractivity contribution in [3.8, 4) is 0 Å². The fraction of sp³-hybridized carbons (Fsp3) is 0.385. The van der Waals surface area contributed by atoms with Crippen LogP contribution in [0.2, 0.25) is 10.0 Å². The van der Waals surface area contributed by atoms with Gasteiger partial charge in [-0.15, -0.1) is 0 Å². The van der Waals surface area contributed by atoms with E-state index < -0.39 is 0 Å². The zero-order chi connectivity index (χ0) is 14.7. The summed E-state index contributed by atoms with van der Waals surface area (Å²) < 4.78 is 0. The molecule has 0 bridgehead atoms. The number of amides is 2. The number of urea groups is 1. The highest BCUT2D eigenvalue weighted by atomic mass is 35.5. The lowest BCUT2D eigenvalue weighted by Gasteiger charge is -2.22. The van der Waals surface area contributed by atoms with Crippen molar-refractivity contribution < 1.29 is 4.79 Å². The summed E-state index contributed by atoms with van der Waals surface area (Å²) in [6.07, 6.45) is 2.57. The van der Waals surface area contributed by atoms with Crippen LogP contribution < -0.4 is 11.1 Å². The van der Waals surface area contributed by atoms with Gasteiger partial charge in [0.25, 0.3) is 0 Å². The van der Waals surface area contributed by atoms with Crippen molar-refractivity contribution in [2.75, 3.05) is 11.9 Å². The minimum absolute atomic E-state index is 0.165. The van der Waals surface area contributed by atoms with E-state index >= 15 is 0 Å². The van der Waals surface area contributed by atoms with E-state index in [0.717, 1.165) is 12.8 Å². The Kier molecular flexibility index (Phi) is 5.07. The van der Waals surface area contributed by atoms with Gasteiger partial charge < -0.3 is 16.0 Å². The first-order chi connectivity index (χ1) is 9.47. The van der Waals surface area contributed by atoms with Crippen molar-refractivity contribution in [2.45, 2.75) is 25.3 Å². The van der Waals surface area contributed by atoms with Gasteiger partial charge in [0.2, 0.25) is 0 Å². The smallest absolute Gasteiger partial charge is 0.322 e. The lowest BCUT2D eigenvalue weighted by atomic mass is 10.3. The number of hydrogen-bond donors (Lipinski definition) is 2. The highest BCUT2D eigenvalue weighted by Gasteiger charge is 2.32. The Morgan fingerprint density at radius 1 is 1.40 bits per heavy atom. The first-order valence-electron chi connectivity index (χ1n) is 6.28. The molecule has 0 spiro atoms. The maximum Gasteiger partial charge on any atom is 0.322 e. The van der Waals surface area contributed by atoms with E-state index in [0.29, 0.717) is 33.7 Å². The quantitative estimate of drug-likeness (QED) is 0.809. The zero-order valence-electron chi connectivity index (χ0n) is 10.7. The van der Waals surface area contributed by atoms with Crippen molar-refractivity contribution in [1.29, 1.82) is 0 Å². The molecule has 4 nitrogen and oxygen atoms in total. The lowest BCUT2D eigenvalue weighted by Crippen LogP contribution is -2.38. The molecule has 0 aromatic heterocycles. The van der Waals surface area contributed by atoms with E-state index in [1.54, 1.807) is 23.1 Å². The Morgan fingerprint density at radius 3 is 2.65 bits per heavy atom. The minimum atomic E-state index is -0.165. The number of thiocarbonyl (C=S) groups is 1. The van der Waals surface area contributed by atoms with Crippen LogP contribution in [0.25, 0.3) is 0 Å². The summed E-state index contributed by atoms with van der Waals surface area (Å²) in [6, 6.07) is 5.11. The maximum atomic E-state index is 12.3. The predicted octanol–water partition coefficient (Wildman–Crippen LogP) is 3.67. The normalized spacial score (nSPS) is 13.9. The largest absolute Gasteiger partial charge is 0.393 e.